The lowest BCUT2D eigenvalue weighted by atomic mass is 10.1. The predicted molar refractivity (Wildman–Crippen MR) is 126 cm³/mol. The highest BCUT2D eigenvalue weighted by atomic mass is 79.9. The molecular formula is C24H23BrFNO3S. The van der Waals surface area contributed by atoms with Gasteiger partial charge in [-0.05, 0) is 60.9 Å². The Morgan fingerprint density at radius 3 is 2.45 bits per heavy atom. The molecule has 0 radical (unpaired) electrons. The van der Waals surface area contributed by atoms with E-state index in [4.69, 9.17) is 4.74 Å². The highest BCUT2D eigenvalue weighted by molar-refractivity contribution is 9.10. The topological polar surface area (TPSA) is 46.6 Å². The molecular weight excluding hydrogens is 481 g/mol. The zero-order valence-corrected chi connectivity index (χ0v) is 19.7. The molecule has 0 amide bonds. The highest BCUT2D eigenvalue weighted by Crippen LogP contribution is 2.34. The first-order valence-corrected chi connectivity index (χ1v) is 11.8. The fourth-order valence-electron chi connectivity index (χ4n) is 3.24. The highest BCUT2D eigenvalue weighted by Gasteiger charge is 2.30. The SMILES string of the molecule is C=CCc1cccc(F)c1N(Cc1cc(OC)ccc1Br)S(=O)(=O)c1ccc(C)cc1. The van der Waals surface area contributed by atoms with E-state index in [1.165, 1.54) is 25.3 Å². The molecule has 0 atom stereocenters. The summed E-state index contributed by atoms with van der Waals surface area (Å²) in [5, 5.41) is 0. The summed E-state index contributed by atoms with van der Waals surface area (Å²) >= 11 is 3.47. The monoisotopic (exact) mass is 503 g/mol. The zero-order chi connectivity index (χ0) is 22.6. The molecule has 0 spiro atoms. The van der Waals surface area contributed by atoms with E-state index in [0.717, 1.165) is 9.87 Å². The minimum atomic E-state index is -4.07. The number of anilines is 1. The Labute approximate surface area is 191 Å². The van der Waals surface area contributed by atoms with Crippen LogP contribution >= 0.6 is 15.9 Å². The Balaban J connectivity index is 2.23. The third-order valence-corrected chi connectivity index (χ3v) is 7.39. The van der Waals surface area contributed by atoms with Crippen molar-refractivity contribution in [2.24, 2.45) is 0 Å². The smallest absolute Gasteiger partial charge is 0.264 e. The minimum Gasteiger partial charge on any atom is -0.497 e. The average Bonchev–Trinajstić information content (AvgIpc) is 2.74. The van der Waals surface area contributed by atoms with Gasteiger partial charge in [0.2, 0.25) is 0 Å². The summed E-state index contributed by atoms with van der Waals surface area (Å²) in [6, 6.07) is 16.3. The van der Waals surface area contributed by atoms with Crippen LogP contribution in [-0.4, -0.2) is 15.5 Å². The Hall–Kier alpha value is -2.64. The van der Waals surface area contributed by atoms with Crippen molar-refractivity contribution >= 4 is 31.6 Å². The van der Waals surface area contributed by atoms with E-state index in [2.05, 4.69) is 22.5 Å². The summed E-state index contributed by atoms with van der Waals surface area (Å²) in [5.74, 6) is -0.0419. The van der Waals surface area contributed by atoms with E-state index >= 15 is 4.39 Å². The summed E-state index contributed by atoms with van der Waals surface area (Å²) in [5.41, 5.74) is 2.12. The molecule has 0 saturated carbocycles. The molecule has 0 aliphatic carbocycles. The van der Waals surface area contributed by atoms with Gasteiger partial charge in [-0.3, -0.25) is 4.31 Å². The maximum Gasteiger partial charge on any atom is 0.264 e. The fraction of sp³-hybridized carbons (Fsp3) is 0.167. The van der Waals surface area contributed by atoms with Crippen LogP contribution in [0.3, 0.4) is 0 Å². The fourth-order valence-corrected chi connectivity index (χ4v) is 5.10. The van der Waals surface area contributed by atoms with Crippen LogP contribution in [0.4, 0.5) is 10.1 Å². The molecule has 3 rings (SSSR count). The number of methoxy groups -OCH3 is 1. The van der Waals surface area contributed by atoms with Crippen molar-refractivity contribution in [2.45, 2.75) is 24.8 Å². The summed E-state index contributed by atoms with van der Waals surface area (Å²) in [4.78, 5) is 0.0879. The van der Waals surface area contributed by atoms with Crippen LogP contribution in [0.15, 0.2) is 82.7 Å². The third-order valence-electron chi connectivity index (χ3n) is 4.86. The molecule has 3 aromatic rings. The van der Waals surface area contributed by atoms with Crippen LogP contribution in [0.5, 0.6) is 5.75 Å². The van der Waals surface area contributed by atoms with Gasteiger partial charge in [-0.25, -0.2) is 12.8 Å². The Morgan fingerprint density at radius 1 is 1.10 bits per heavy atom. The molecule has 3 aromatic carbocycles. The second-order valence-corrected chi connectivity index (χ2v) is 9.74. The number of rotatable bonds is 8. The van der Waals surface area contributed by atoms with Gasteiger partial charge in [0, 0.05) is 4.47 Å². The van der Waals surface area contributed by atoms with Gasteiger partial charge >= 0.3 is 0 Å². The second-order valence-electron chi connectivity index (χ2n) is 7.02. The van der Waals surface area contributed by atoms with E-state index in [-0.39, 0.29) is 17.1 Å². The van der Waals surface area contributed by atoms with Crippen molar-refractivity contribution in [3.05, 3.63) is 100 Å². The molecule has 0 heterocycles. The van der Waals surface area contributed by atoms with Gasteiger partial charge in [0.15, 0.2) is 0 Å². The van der Waals surface area contributed by atoms with Crippen LogP contribution in [0.25, 0.3) is 0 Å². The summed E-state index contributed by atoms with van der Waals surface area (Å²) in [6.07, 6.45) is 1.95. The first-order valence-electron chi connectivity index (χ1n) is 9.58. The van der Waals surface area contributed by atoms with Crippen molar-refractivity contribution in [1.82, 2.24) is 0 Å². The summed E-state index contributed by atoms with van der Waals surface area (Å²) in [7, 11) is -2.54. The lowest BCUT2D eigenvalue weighted by Crippen LogP contribution is -2.32. The number of para-hydroxylation sites is 1. The Kier molecular flexibility index (Phi) is 7.18. The van der Waals surface area contributed by atoms with Crippen molar-refractivity contribution in [1.29, 1.82) is 0 Å². The van der Waals surface area contributed by atoms with Crippen LogP contribution in [-0.2, 0) is 23.0 Å². The maximum absolute atomic E-state index is 15.1. The summed E-state index contributed by atoms with van der Waals surface area (Å²) < 4.78 is 49.6. The molecule has 31 heavy (non-hydrogen) atoms. The van der Waals surface area contributed by atoms with E-state index in [1.54, 1.807) is 48.5 Å². The zero-order valence-electron chi connectivity index (χ0n) is 17.3. The molecule has 0 aliphatic rings. The molecule has 0 aromatic heterocycles. The first-order chi connectivity index (χ1) is 14.8. The van der Waals surface area contributed by atoms with E-state index in [9.17, 15) is 8.42 Å². The number of allylic oxidation sites excluding steroid dienone is 1. The molecule has 4 nitrogen and oxygen atoms in total. The van der Waals surface area contributed by atoms with Crippen molar-refractivity contribution < 1.29 is 17.5 Å². The maximum atomic E-state index is 15.1. The minimum absolute atomic E-state index is 0.0118. The van der Waals surface area contributed by atoms with Gasteiger partial charge in [-0.2, -0.15) is 0 Å². The molecule has 7 heteroatoms. The van der Waals surface area contributed by atoms with E-state index in [1.807, 2.05) is 6.92 Å². The van der Waals surface area contributed by atoms with Gasteiger partial charge in [-0.15, -0.1) is 6.58 Å². The van der Waals surface area contributed by atoms with Crippen molar-refractivity contribution in [3.63, 3.8) is 0 Å². The average molecular weight is 504 g/mol. The molecule has 0 aliphatic heterocycles. The molecule has 0 unspecified atom stereocenters. The predicted octanol–water partition coefficient (Wildman–Crippen LogP) is 6.03. The van der Waals surface area contributed by atoms with Gasteiger partial charge < -0.3 is 4.74 Å². The second kappa shape index (κ2) is 9.66. The number of aryl methyl sites for hydroxylation is 1. The number of halogens is 2. The first kappa shape index (κ1) is 23.0. The van der Waals surface area contributed by atoms with Crippen molar-refractivity contribution in [2.75, 3.05) is 11.4 Å². The number of benzene rings is 3. The van der Waals surface area contributed by atoms with Gasteiger partial charge in [0.1, 0.15) is 11.6 Å². The molecule has 0 fully saturated rings. The number of nitrogens with zero attached hydrogens (tertiary/aromatic N) is 1. The van der Waals surface area contributed by atoms with Crippen LogP contribution < -0.4 is 9.04 Å². The van der Waals surface area contributed by atoms with Gasteiger partial charge in [0.05, 0.1) is 24.2 Å². The standard InChI is InChI=1S/C24H23BrFNO3S/c1-4-6-18-7-5-8-23(26)24(18)27(16-19-15-20(30-3)11-14-22(19)25)31(28,29)21-12-9-17(2)10-13-21/h4-5,7-15H,1,6,16H2,2-3H3. The lowest BCUT2D eigenvalue weighted by molar-refractivity contribution is 0.414. The molecule has 162 valence electrons. The Morgan fingerprint density at radius 2 is 1.81 bits per heavy atom. The van der Waals surface area contributed by atoms with Crippen LogP contribution in [0.1, 0.15) is 16.7 Å². The quantitative estimate of drug-likeness (QED) is 0.352. The van der Waals surface area contributed by atoms with Gasteiger partial charge in [-0.1, -0.05) is 51.8 Å². The number of hydrogen-bond donors (Lipinski definition) is 0. The molecule has 0 N–H and O–H groups in total. The molecule has 0 bridgehead atoms. The van der Waals surface area contributed by atoms with E-state index in [0.29, 0.717) is 27.8 Å². The van der Waals surface area contributed by atoms with Crippen molar-refractivity contribution in [3.8, 4) is 5.75 Å². The molecule has 0 saturated heterocycles. The summed E-state index contributed by atoms with van der Waals surface area (Å²) in [6.45, 7) is 5.51. The Bertz CT molecular complexity index is 1190. The normalized spacial score (nSPS) is 11.2. The van der Waals surface area contributed by atoms with Crippen LogP contribution in [0, 0.1) is 12.7 Å². The third kappa shape index (κ3) is 4.99. The number of hydrogen-bond acceptors (Lipinski definition) is 3. The largest absolute Gasteiger partial charge is 0.497 e. The number of ether oxygens (including phenoxy) is 1. The number of sulfonamides is 1. The van der Waals surface area contributed by atoms with Crippen LogP contribution in [0.2, 0.25) is 0 Å². The van der Waals surface area contributed by atoms with Gasteiger partial charge in [0.25, 0.3) is 10.0 Å². The lowest BCUT2D eigenvalue weighted by Gasteiger charge is -2.28. The van der Waals surface area contributed by atoms with E-state index < -0.39 is 15.8 Å².